The molecule has 0 aromatic carbocycles. The molecular formula is C12H16O14Zn. The van der Waals surface area contributed by atoms with Crippen molar-refractivity contribution in [2.45, 2.75) is 36.9 Å². The monoisotopic (exact) mass is 448 g/mol. The molecule has 150 valence electrons. The number of aliphatic carboxylic acids is 6. The van der Waals surface area contributed by atoms with Gasteiger partial charge < -0.3 is 40.9 Å². The van der Waals surface area contributed by atoms with Gasteiger partial charge in [0.15, 0.2) is 11.2 Å². The molecule has 27 heavy (non-hydrogen) atoms. The second-order valence-corrected chi connectivity index (χ2v) is 4.96. The predicted molar refractivity (Wildman–Crippen MR) is 74.2 cm³/mol. The fourth-order valence-corrected chi connectivity index (χ4v) is 1.43. The van der Waals surface area contributed by atoms with Crippen LogP contribution < -0.4 is 0 Å². The van der Waals surface area contributed by atoms with E-state index in [0.29, 0.717) is 0 Å². The van der Waals surface area contributed by atoms with Crippen molar-refractivity contribution in [3.8, 4) is 0 Å². The van der Waals surface area contributed by atoms with E-state index < -0.39 is 72.7 Å². The summed E-state index contributed by atoms with van der Waals surface area (Å²) in [7, 11) is 0. The maximum absolute atomic E-state index is 10.3. The summed E-state index contributed by atoms with van der Waals surface area (Å²) in [5.74, 6) is -10.0. The van der Waals surface area contributed by atoms with Gasteiger partial charge in [0, 0.05) is 19.5 Å². The minimum atomic E-state index is -2.74. The van der Waals surface area contributed by atoms with Crippen molar-refractivity contribution in [2.24, 2.45) is 0 Å². The van der Waals surface area contributed by atoms with Gasteiger partial charge in [0.25, 0.3) is 0 Å². The topological polar surface area (TPSA) is 264 Å². The summed E-state index contributed by atoms with van der Waals surface area (Å²) in [5, 5.41) is 67.6. The van der Waals surface area contributed by atoms with Crippen LogP contribution in [0.5, 0.6) is 0 Å². The Labute approximate surface area is 162 Å². The summed E-state index contributed by atoms with van der Waals surface area (Å²) >= 11 is 0. The summed E-state index contributed by atoms with van der Waals surface area (Å²) in [5.41, 5.74) is -5.48. The van der Waals surface area contributed by atoms with Crippen LogP contribution >= 0.6 is 0 Å². The molecule has 0 rings (SSSR count). The summed E-state index contributed by atoms with van der Waals surface area (Å²) < 4.78 is 0. The maximum Gasteiger partial charge on any atom is 0.336 e. The van der Waals surface area contributed by atoms with Crippen molar-refractivity contribution in [3.63, 3.8) is 0 Å². The third-order valence-corrected chi connectivity index (χ3v) is 2.57. The summed E-state index contributed by atoms with van der Waals surface area (Å²) in [6, 6.07) is 0. The molecule has 0 saturated heterocycles. The average molecular weight is 450 g/mol. The molecule has 0 aliphatic heterocycles. The molecular weight excluding hydrogens is 434 g/mol. The van der Waals surface area contributed by atoms with Gasteiger partial charge in [-0.3, -0.25) is 19.2 Å². The van der Waals surface area contributed by atoms with Crippen molar-refractivity contribution in [1.29, 1.82) is 0 Å². The first kappa shape index (κ1) is 29.1. The third-order valence-electron chi connectivity index (χ3n) is 2.57. The molecule has 0 bridgehead atoms. The van der Waals surface area contributed by atoms with Gasteiger partial charge in [-0.05, 0) is 0 Å². The smallest absolute Gasteiger partial charge is 0.336 e. The number of rotatable bonds is 10. The fraction of sp³-hybridized carbons (Fsp3) is 0.500. The predicted octanol–water partition coefficient (Wildman–Crippen LogP) is -2.50. The van der Waals surface area contributed by atoms with Crippen LogP contribution in [0.1, 0.15) is 25.7 Å². The SMILES string of the molecule is O=C(O)CC(O)(CC(=O)O)C(=O)O.O=C(O)CC(O)(CC(=O)O)C(=O)O.[Zn]. The second kappa shape index (κ2) is 11.9. The zero-order chi connectivity index (χ0) is 21.3. The van der Waals surface area contributed by atoms with Gasteiger partial charge >= 0.3 is 35.8 Å². The van der Waals surface area contributed by atoms with Gasteiger partial charge in [0.2, 0.25) is 0 Å². The third kappa shape index (κ3) is 12.4. The number of hydrogen-bond donors (Lipinski definition) is 8. The Bertz CT molecular complexity index is 513. The Morgan fingerprint density at radius 1 is 0.481 bits per heavy atom. The Kier molecular flexibility index (Phi) is 12.8. The van der Waals surface area contributed by atoms with Crippen LogP contribution in [-0.2, 0) is 48.2 Å². The molecule has 15 heteroatoms. The fourth-order valence-electron chi connectivity index (χ4n) is 1.43. The molecule has 0 atom stereocenters. The molecule has 0 aliphatic rings. The van der Waals surface area contributed by atoms with Crippen molar-refractivity contribution >= 4 is 35.8 Å². The van der Waals surface area contributed by atoms with Crippen LogP contribution in [-0.4, -0.2) is 87.9 Å². The maximum atomic E-state index is 10.3. The number of carboxylic acids is 6. The first-order valence-corrected chi connectivity index (χ1v) is 6.34. The van der Waals surface area contributed by atoms with Gasteiger partial charge in [0.05, 0.1) is 25.7 Å². The Morgan fingerprint density at radius 3 is 0.704 bits per heavy atom. The van der Waals surface area contributed by atoms with Crippen LogP contribution in [0.15, 0.2) is 0 Å². The number of hydrogen-bond acceptors (Lipinski definition) is 8. The molecule has 0 amide bonds. The van der Waals surface area contributed by atoms with Crippen molar-refractivity contribution < 1.29 is 89.1 Å². The minimum absolute atomic E-state index is 0. The molecule has 8 N–H and O–H groups in total. The number of aliphatic hydroxyl groups is 2. The molecule has 14 nitrogen and oxygen atoms in total. The Balaban J connectivity index is -0.000000411. The summed E-state index contributed by atoms with van der Waals surface area (Å²) in [4.78, 5) is 61.0. The first-order valence-electron chi connectivity index (χ1n) is 6.34. The van der Waals surface area contributed by atoms with Crippen molar-refractivity contribution in [2.75, 3.05) is 0 Å². The van der Waals surface area contributed by atoms with Crippen LogP contribution in [0, 0.1) is 0 Å². The van der Waals surface area contributed by atoms with Gasteiger partial charge in [-0.2, -0.15) is 0 Å². The van der Waals surface area contributed by atoms with E-state index in [1.807, 2.05) is 0 Å². The van der Waals surface area contributed by atoms with Gasteiger partial charge in [-0.1, -0.05) is 0 Å². The largest absolute Gasteiger partial charge is 0.481 e. The van der Waals surface area contributed by atoms with E-state index in [-0.39, 0.29) is 19.5 Å². The van der Waals surface area contributed by atoms with E-state index in [0.717, 1.165) is 0 Å². The van der Waals surface area contributed by atoms with E-state index in [1.165, 1.54) is 0 Å². The quantitative estimate of drug-likeness (QED) is 0.160. The molecule has 0 aromatic rings. The zero-order valence-electron chi connectivity index (χ0n) is 13.6. The van der Waals surface area contributed by atoms with E-state index in [9.17, 15) is 28.8 Å². The van der Waals surface area contributed by atoms with E-state index in [4.69, 9.17) is 40.9 Å². The van der Waals surface area contributed by atoms with Crippen molar-refractivity contribution in [3.05, 3.63) is 0 Å². The van der Waals surface area contributed by atoms with Gasteiger partial charge in [-0.25, -0.2) is 9.59 Å². The Morgan fingerprint density at radius 2 is 0.630 bits per heavy atom. The van der Waals surface area contributed by atoms with Crippen LogP contribution in [0.3, 0.4) is 0 Å². The van der Waals surface area contributed by atoms with Crippen LogP contribution in [0.2, 0.25) is 0 Å². The van der Waals surface area contributed by atoms with E-state index >= 15 is 0 Å². The zero-order valence-corrected chi connectivity index (χ0v) is 16.5. The molecule has 0 saturated carbocycles. The molecule has 0 fully saturated rings. The number of carboxylic acid groups (broad SMARTS) is 6. The Hall–Kier alpha value is -2.64. The van der Waals surface area contributed by atoms with Crippen LogP contribution in [0.25, 0.3) is 0 Å². The average Bonchev–Trinajstić information content (AvgIpc) is 2.34. The standard InChI is InChI=1S/2C6H8O7.Zn/c2*7-3(8)1-6(13,5(11)12)2-4(9)10;/h2*13H,1-2H2,(H,7,8)(H,9,10)(H,11,12);. The van der Waals surface area contributed by atoms with Crippen molar-refractivity contribution in [1.82, 2.24) is 0 Å². The van der Waals surface area contributed by atoms with E-state index in [2.05, 4.69) is 0 Å². The molecule has 0 heterocycles. The minimum Gasteiger partial charge on any atom is -0.481 e. The summed E-state index contributed by atoms with van der Waals surface area (Å²) in [6.45, 7) is 0. The molecule has 0 spiro atoms. The molecule has 0 aromatic heterocycles. The second-order valence-electron chi connectivity index (χ2n) is 4.96. The first-order chi connectivity index (χ1) is 11.6. The summed E-state index contributed by atoms with van der Waals surface area (Å²) in [6.07, 6.45) is -4.58. The normalized spacial score (nSPS) is 10.4. The molecule has 0 radical (unpaired) electrons. The number of carbonyl (C=O) groups is 6. The molecule has 0 aliphatic carbocycles. The van der Waals surface area contributed by atoms with E-state index in [1.54, 1.807) is 0 Å². The molecule has 0 unspecified atom stereocenters. The van der Waals surface area contributed by atoms with Crippen LogP contribution in [0.4, 0.5) is 0 Å². The van der Waals surface area contributed by atoms with Gasteiger partial charge in [0.1, 0.15) is 0 Å². The van der Waals surface area contributed by atoms with Gasteiger partial charge in [-0.15, -0.1) is 0 Å².